The highest BCUT2D eigenvalue weighted by atomic mass is 79.9. The Bertz CT molecular complexity index is 423. The molecule has 1 aromatic carbocycles. The monoisotopic (exact) mass is 316 g/mol. The van der Waals surface area contributed by atoms with Crippen LogP contribution in [0.1, 0.15) is 19.4 Å². The Morgan fingerprint density at radius 2 is 2.17 bits per heavy atom. The number of nitrogens with two attached hydrogens (primary N) is 1. The van der Waals surface area contributed by atoms with Gasteiger partial charge in [-0.15, -0.1) is 0 Å². The second kappa shape index (κ2) is 6.85. The van der Waals surface area contributed by atoms with Crippen molar-refractivity contribution in [2.75, 3.05) is 6.54 Å². The van der Waals surface area contributed by atoms with E-state index in [0.29, 0.717) is 18.7 Å². The number of rotatable bonds is 5. The minimum Gasteiger partial charge on any atom is -0.352 e. The van der Waals surface area contributed by atoms with Gasteiger partial charge in [0.2, 0.25) is 5.91 Å². The summed E-state index contributed by atoms with van der Waals surface area (Å²) < 4.78 is 13.8. The summed E-state index contributed by atoms with van der Waals surface area (Å²) in [6.45, 7) is 4.51. The van der Waals surface area contributed by atoms with Crippen LogP contribution in [0.3, 0.4) is 0 Å². The molecule has 1 atom stereocenters. The topological polar surface area (TPSA) is 55.1 Å². The summed E-state index contributed by atoms with van der Waals surface area (Å²) in [7, 11) is 0. The van der Waals surface area contributed by atoms with E-state index in [0.717, 1.165) is 4.47 Å². The maximum Gasteiger partial charge on any atom is 0.224 e. The van der Waals surface area contributed by atoms with Crippen molar-refractivity contribution in [3.05, 3.63) is 34.1 Å². The molecule has 0 aromatic heterocycles. The molecule has 0 spiro atoms. The molecule has 0 saturated carbocycles. The third kappa shape index (κ3) is 4.07. The number of hydrogen-bond donors (Lipinski definition) is 2. The van der Waals surface area contributed by atoms with E-state index < -0.39 is 0 Å². The van der Waals surface area contributed by atoms with Crippen LogP contribution < -0.4 is 11.1 Å². The van der Waals surface area contributed by atoms with Crippen molar-refractivity contribution in [2.24, 2.45) is 17.6 Å². The molecule has 1 aromatic rings. The molecular formula is C13H18BrFN2O. The van der Waals surface area contributed by atoms with E-state index in [-0.39, 0.29) is 23.6 Å². The summed E-state index contributed by atoms with van der Waals surface area (Å²) in [4.78, 5) is 11.9. The number of nitrogens with one attached hydrogen (secondary N) is 1. The van der Waals surface area contributed by atoms with Gasteiger partial charge in [0.1, 0.15) is 5.82 Å². The molecule has 0 radical (unpaired) electrons. The normalized spacial score (nSPS) is 12.6. The van der Waals surface area contributed by atoms with Gasteiger partial charge in [-0.1, -0.05) is 29.8 Å². The number of carbonyl (C=O) groups is 1. The van der Waals surface area contributed by atoms with Crippen molar-refractivity contribution in [3.8, 4) is 0 Å². The summed E-state index contributed by atoms with van der Waals surface area (Å²) in [5.41, 5.74) is 6.28. The minimum absolute atomic E-state index is 0.0938. The lowest BCUT2D eigenvalue weighted by atomic mass is 9.95. The third-order valence-corrected chi connectivity index (χ3v) is 3.63. The largest absolute Gasteiger partial charge is 0.352 e. The van der Waals surface area contributed by atoms with Crippen LogP contribution in [0.15, 0.2) is 22.7 Å². The molecule has 1 rings (SSSR count). The van der Waals surface area contributed by atoms with Gasteiger partial charge >= 0.3 is 0 Å². The zero-order valence-corrected chi connectivity index (χ0v) is 12.1. The number of benzene rings is 1. The second-order valence-corrected chi connectivity index (χ2v) is 5.39. The van der Waals surface area contributed by atoms with Gasteiger partial charge in [-0.2, -0.15) is 0 Å². The average Bonchev–Trinajstić information content (AvgIpc) is 2.30. The van der Waals surface area contributed by atoms with E-state index in [1.165, 1.54) is 12.1 Å². The smallest absolute Gasteiger partial charge is 0.224 e. The van der Waals surface area contributed by atoms with E-state index >= 15 is 0 Å². The van der Waals surface area contributed by atoms with Crippen molar-refractivity contribution in [1.29, 1.82) is 0 Å². The molecule has 0 fully saturated rings. The van der Waals surface area contributed by atoms with Gasteiger partial charge in [0.15, 0.2) is 0 Å². The van der Waals surface area contributed by atoms with Crippen LogP contribution in [0.2, 0.25) is 0 Å². The molecule has 0 saturated heterocycles. The van der Waals surface area contributed by atoms with Gasteiger partial charge in [-0.3, -0.25) is 4.79 Å². The van der Waals surface area contributed by atoms with Crippen LogP contribution in [-0.4, -0.2) is 12.5 Å². The highest BCUT2D eigenvalue weighted by molar-refractivity contribution is 9.10. The number of hydrogen-bond acceptors (Lipinski definition) is 2. The van der Waals surface area contributed by atoms with Crippen LogP contribution >= 0.6 is 15.9 Å². The van der Waals surface area contributed by atoms with Crippen LogP contribution in [0.4, 0.5) is 4.39 Å². The standard InChI is InChI=1S/C13H18BrFN2O/c1-8(2)11(6-16)13(18)17-7-9-5-10(15)3-4-12(9)14/h3-5,8,11H,6-7,16H2,1-2H3,(H,17,18). The molecule has 0 aliphatic rings. The SMILES string of the molecule is CC(C)C(CN)C(=O)NCc1cc(F)ccc1Br. The van der Waals surface area contributed by atoms with Crippen LogP contribution in [0.5, 0.6) is 0 Å². The molecule has 3 N–H and O–H groups in total. The Labute approximate surface area is 115 Å². The average molecular weight is 317 g/mol. The Kier molecular flexibility index (Phi) is 5.75. The lowest BCUT2D eigenvalue weighted by Crippen LogP contribution is -2.37. The van der Waals surface area contributed by atoms with Crippen LogP contribution in [-0.2, 0) is 11.3 Å². The zero-order chi connectivity index (χ0) is 13.7. The first kappa shape index (κ1) is 15.1. The summed E-state index contributed by atoms with van der Waals surface area (Å²) in [6.07, 6.45) is 0. The fourth-order valence-corrected chi connectivity index (χ4v) is 2.06. The quantitative estimate of drug-likeness (QED) is 0.876. The lowest BCUT2D eigenvalue weighted by molar-refractivity contribution is -0.126. The second-order valence-electron chi connectivity index (χ2n) is 4.54. The molecular weight excluding hydrogens is 299 g/mol. The Balaban J connectivity index is 2.64. The molecule has 1 amide bonds. The van der Waals surface area contributed by atoms with Gasteiger partial charge in [0.05, 0.1) is 5.92 Å². The fourth-order valence-electron chi connectivity index (χ4n) is 1.67. The lowest BCUT2D eigenvalue weighted by Gasteiger charge is -2.18. The summed E-state index contributed by atoms with van der Waals surface area (Å²) in [6, 6.07) is 4.39. The Hall–Kier alpha value is -0.940. The van der Waals surface area contributed by atoms with Gasteiger partial charge in [-0.05, 0) is 29.7 Å². The first-order valence-electron chi connectivity index (χ1n) is 5.87. The van der Waals surface area contributed by atoms with Gasteiger partial charge in [-0.25, -0.2) is 4.39 Å². The highest BCUT2D eigenvalue weighted by Crippen LogP contribution is 2.18. The molecule has 5 heteroatoms. The number of halogens is 2. The van der Waals surface area contributed by atoms with Crippen LogP contribution in [0.25, 0.3) is 0 Å². The number of amides is 1. The zero-order valence-electron chi connectivity index (χ0n) is 10.5. The first-order valence-corrected chi connectivity index (χ1v) is 6.66. The highest BCUT2D eigenvalue weighted by Gasteiger charge is 2.20. The molecule has 100 valence electrons. The van der Waals surface area contributed by atoms with Crippen molar-refractivity contribution in [3.63, 3.8) is 0 Å². The minimum atomic E-state index is -0.318. The van der Waals surface area contributed by atoms with E-state index in [4.69, 9.17) is 5.73 Å². The molecule has 18 heavy (non-hydrogen) atoms. The Morgan fingerprint density at radius 3 is 2.72 bits per heavy atom. The first-order chi connectivity index (χ1) is 8.45. The van der Waals surface area contributed by atoms with E-state index in [1.54, 1.807) is 6.07 Å². The van der Waals surface area contributed by atoms with Gasteiger partial charge in [0.25, 0.3) is 0 Å². The molecule has 0 aliphatic heterocycles. The maximum atomic E-state index is 13.1. The molecule has 1 unspecified atom stereocenters. The summed E-state index contributed by atoms with van der Waals surface area (Å²) in [5, 5.41) is 2.78. The molecule has 3 nitrogen and oxygen atoms in total. The van der Waals surface area contributed by atoms with Crippen molar-refractivity contribution in [1.82, 2.24) is 5.32 Å². The van der Waals surface area contributed by atoms with E-state index in [1.807, 2.05) is 13.8 Å². The predicted octanol–water partition coefficient (Wildman–Crippen LogP) is 2.44. The van der Waals surface area contributed by atoms with E-state index in [2.05, 4.69) is 21.2 Å². The van der Waals surface area contributed by atoms with Crippen LogP contribution in [0, 0.1) is 17.7 Å². The van der Waals surface area contributed by atoms with Gasteiger partial charge < -0.3 is 11.1 Å². The maximum absolute atomic E-state index is 13.1. The van der Waals surface area contributed by atoms with Crippen molar-refractivity contribution < 1.29 is 9.18 Å². The molecule has 0 aliphatic carbocycles. The molecule has 0 heterocycles. The fraction of sp³-hybridized carbons (Fsp3) is 0.462. The predicted molar refractivity (Wildman–Crippen MR) is 73.3 cm³/mol. The van der Waals surface area contributed by atoms with Gasteiger partial charge in [0, 0.05) is 17.6 Å². The summed E-state index contributed by atoms with van der Waals surface area (Å²) >= 11 is 3.32. The summed E-state index contributed by atoms with van der Waals surface area (Å²) in [5.74, 6) is -0.436. The van der Waals surface area contributed by atoms with Crippen molar-refractivity contribution in [2.45, 2.75) is 20.4 Å². The Morgan fingerprint density at radius 1 is 1.50 bits per heavy atom. The third-order valence-electron chi connectivity index (χ3n) is 2.86. The number of carbonyl (C=O) groups excluding carboxylic acids is 1. The van der Waals surface area contributed by atoms with Crippen molar-refractivity contribution >= 4 is 21.8 Å². The molecule has 0 bridgehead atoms. The van der Waals surface area contributed by atoms with E-state index in [9.17, 15) is 9.18 Å².